The number of fused-ring (bicyclic) bond motifs is 1. The first-order valence-corrected chi connectivity index (χ1v) is 6.94. The normalized spacial score (nSPS) is 13.1. The summed E-state index contributed by atoms with van der Waals surface area (Å²) in [4.78, 5) is 0. The molecule has 0 aliphatic carbocycles. The summed E-state index contributed by atoms with van der Waals surface area (Å²) >= 11 is 0. The minimum atomic E-state index is 0.556. The molecular formula is C15H23N3. The number of hydrogen-bond donors (Lipinski definition) is 1. The van der Waals surface area contributed by atoms with Gasteiger partial charge in [-0.15, -0.1) is 0 Å². The van der Waals surface area contributed by atoms with Crippen LogP contribution in [-0.2, 0) is 13.0 Å². The number of nitrogens with zero attached hydrogens (tertiary/aromatic N) is 2. The zero-order chi connectivity index (χ0) is 13.0. The third-order valence-corrected chi connectivity index (χ3v) is 3.40. The molecule has 1 aromatic heterocycles. The van der Waals surface area contributed by atoms with Crippen LogP contribution in [-0.4, -0.2) is 22.4 Å². The van der Waals surface area contributed by atoms with Crippen molar-refractivity contribution in [3.8, 4) is 0 Å². The number of hydrogen-bond acceptors (Lipinski definition) is 2. The van der Waals surface area contributed by atoms with Gasteiger partial charge >= 0.3 is 0 Å². The Morgan fingerprint density at radius 1 is 1.28 bits per heavy atom. The Kier molecular flexibility index (Phi) is 4.37. The highest BCUT2D eigenvalue weighted by Gasteiger charge is 2.10. The fourth-order valence-electron chi connectivity index (χ4n) is 2.43. The molecule has 1 aromatic carbocycles. The fourth-order valence-corrected chi connectivity index (χ4v) is 2.43. The molecule has 98 valence electrons. The van der Waals surface area contributed by atoms with Crippen LogP contribution in [0.4, 0.5) is 0 Å². The van der Waals surface area contributed by atoms with Crippen LogP contribution in [0.15, 0.2) is 24.3 Å². The quantitative estimate of drug-likeness (QED) is 0.848. The highest BCUT2D eigenvalue weighted by atomic mass is 15.3. The van der Waals surface area contributed by atoms with Crippen LogP contribution in [0.3, 0.4) is 0 Å². The molecule has 0 aliphatic heterocycles. The predicted molar refractivity (Wildman–Crippen MR) is 76.9 cm³/mol. The molecule has 0 spiro atoms. The first-order chi connectivity index (χ1) is 8.76. The molecule has 0 radical (unpaired) electrons. The van der Waals surface area contributed by atoms with Gasteiger partial charge in [0.15, 0.2) is 0 Å². The molecule has 0 fully saturated rings. The van der Waals surface area contributed by atoms with E-state index in [1.165, 1.54) is 16.6 Å². The number of aryl methyl sites for hydroxylation is 2. The lowest BCUT2D eigenvalue weighted by atomic mass is 10.1. The standard InChI is InChI=1S/C15H23N3/c1-4-16-12(3)10-11-14-13-8-6-7-9-15(13)18(5-2)17-14/h6-9,12,16H,4-5,10-11H2,1-3H3. The van der Waals surface area contributed by atoms with Gasteiger partial charge in [-0.25, -0.2) is 0 Å². The lowest BCUT2D eigenvalue weighted by molar-refractivity contribution is 0.525. The summed E-state index contributed by atoms with van der Waals surface area (Å²) in [7, 11) is 0. The average molecular weight is 245 g/mol. The van der Waals surface area contributed by atoms with Crippen molar-refractivity contribution >= 4 is 10.9 Å². The zero-order valence-corrected chi connectivity index (χ0v) is 11.6. The lowest BCUT2D eigenvalue weighted by Crippen LogP contribution is -2.25. The summed E-state index contributed by atoms with van der Waals surface area (Å²) in [6.45, 7) is 8.50. The molecule has 18 heavy (non-hydrogen) atoms. The van der Waals surface area contributed by atoms with E-state index in [1.54, 1.807) is 0 Å². The zero-order valence-electron chi connectivity index (χ0n) is 11.6. The monoisotopic (exact) mass is 245 g/mol. The van der Waals surface area contributed by atoms with E-state index in [4.69, 9.17) is 5.10 Å². The third-order valence-electron chi connectivity index (χ3n) is 3.40. The molecule has 0 saturated carbocycles. The second-order valence-corrected chi connectivity index (χ2v) is 4.78. The van der Waals surface area contributed by atoms with Crippen molar-refractivity contribution in [1.29, 1.82) is 0 Å². The van der Waals surface area contributed by atoms with E-state index in [9.17, 15) is 0 Å². The van der Waals surface area contributed by atoms with Gasteiger partial charge in [-0.3, -0.25) is 4.68 Å². The minimum absolute atomic E-state index is 0.556. The van der Waals surface area contributed by atoms with Gasteiger partial charge in [0, 0.05) is 18.0 Å². The van der Waals surface area contributed by atoms with E-state index in [2.05, 4.69) is 55.0 Å². The number of para-hydroxylation sites is 1. The highest BCUT2D eigenvalue weighted by molar-refractivity contribution is 5.81. The molecule has 0 bridgehead atoms. The van der Waals surface area contributed by atoms with Crippen LogP contribution in [0.25, 0.3) is 10.9 Å². The first kappa shape index (κ1) is 13.1. The summed E-state index contributed by atoms with van der Waals surface area (Å²) in [5, 5.41) is 9.49. The number of aromatic nitrogens is 2. The van der Waals surface area contributed by atoms with Crippen molar-refractivity contribution in [1.82, 2.24) is 15.1 Å². The Bertz CT molecular complexity index is 501. The maximum Gasteiger partial charge on any atom is 0.0703 e. The largest absolute Gasteiger partial charge is 0.315 e. The van der Waals surface area contributed by atoms with Gasteiger partial charge < -0.3 is 5.32 Å². The van der Waals surface area contributed by atoms with E-state index in [1.807, 2.05) is 0 Å². The van der Waals surface area contributed by atoms with Crippen molar-refractivity contribution in [2.24, 2.45) is 0 Å². The molecule has 1 heterocycles. The fraction of sp³-hybridized carbons (Fsp3) is 0.533. The highest BCUT2D eigenvalue weighted by Crippen LogP contribution is 2.19. The summed E-state index contributed by atoms with van der Waals surface area (Å²) in [5.41, 5.74) is 2.49. The Morgan fingerprint density at radius 2 is 2.06 bits per heavy atom. The van der Waals surface area contributed by atoms with Gasteiger partial charge in [-0.2, -0.15) is 5.10 Å². The van der Waals surface area contributed by atoms with E-state index in [-0.39, 0.29) is 0 Å². The molecule has 0 saturated heterocycles. The molecule has 0 amide bonds. The van der Waals surface area contributed by atoms with Crippen LogP contribution in [0.1, 0.15) is 32.9 Å². The lowest BCUT2D eigenvalue weighted by Gasteiger charge is -2.10. The van der Waals surface area contributed by atoms with Crippen LogP contribution in [0, 0.1) is 0 Å². The van der Waals surface area contributed by atoms with Crippen LogP contribution in [0.2, 0.25) is 0 Å². The van der Waals surface area contributed by atoms with Gasteiger partial charge in [-0.1, -0.05) is 25.1 Å². The maximum absolute atomic E-state index is 4.73. The second-order valence-electron chi connectivity index (χ2n) is 4.78. The predicted octanol–water partition coefficient (Wildman–Crippen LogP) is 2.99. The van der Waals surface area contributed by atoms with E-state index < -0.39 is 0 Å². The molecule has 3 nitrogen and oxygen atoms in total. The summed E-state index contributed by atoms with van der Waals surface area (Å²) in [6.07, 6.45) is 2.18. The summed E-state index contributed by atoms with van der Waals surface area (Å²) in [5.74, 6) is 0. The van der Waals surface area contributed by atoms with Crippen LogP contribution >= 0.6 is 0 Å². The molecule has 3 heteroatoms. The summed E-state index contributed by atoms with van der Waals surface area (Å²) in [6, 6.07) is 9.08. The second kappa shape index (κ2) is 6.01. The molecule has 2 rings (SSSR count). The van der Waals surface area contributed by atoms with Gasteiger partial charge in [0.05, 0.1) is 11.2 Å². The number of nitrogens with one attached hydrogen (secondary N) is 1. The Hall–Kier alpha value is -1.35. The van der Waals surface area contributed by atoms with E-state index in [0.717, 1.165) is 25.9 Å². The molecule has 0 aliphatic rings. The first-order valence-electron chi connectivity index (χ1n) is 6.94. The maximum atomic E-state index is 4.73. The van der Waals surface area contributed by atoms with Crippen molar-refractivity contribution in [3.63, 3.8) is 0 Å². The van der Waals surface area contributed by atoms with Crippen molar-refractivity contribution in [2.75, 3.05) is 6.54 Å². The molecular weight excluding hydrogens is 222 g/mol. The van der Waals surface area contributed by atoms with Gasteiger partial charge in [0.1, 0.15) is 0 Å². The summed E-state index contributed by atoms with van der Waals surface area (Å²) < 4.78 is 2.10. The van der Waals surface area contributed by atoms with Crippen LogP contribution in [0.5, 0.6) is 0 Å². The Labute approximate surface area is 109 Å². The third kappa shape index (κ3) is 2.72. The van der Waals surface area contributed by atoms with Crippen molar-refractivity contribution in [2.45, 2.75) is 46.2 Å². The number of rotatable bonds is 6. The topological polar surface area (TPSA) is 29.9 Å². The Balaban J connectivity index is 2.18. The average Bonchev–Trinajstić information content (AvgIpc) is 2.75. The minimum Gasteiger partial charge on any atom is -0.315 e. The molecule has 1 N–H and O–H groups in total. The Morgan fingerprint density at radius 3 is 2.78 bits per heavy atom. The number of benzene rings is 1. The van der Waals surface area contributed by atoms with Crippen LogP contribution < -0.4 is 5.32 Å². The van der Waals surface area contributed by atoms with Gasteiger partial charge in [-0.05, 0) is 39.3 Å². The van der Waals surface area contributed by atoms with E-state index in [0.29, 0.717) is 6.04 Å². The molecule has 1 unspecified atom stereocenters. The molecule has 2 aromatic rings. The van der Waals surface area contributed by atoms with E-state index >= 15 is 0 Å². The smallest absolute Gasteiger partial charge is 0.0703 e. The van der Waals surface area contributed by atoms with Gasteiger partial charge in [0.2, 0.25) is 0 Å². The van der Waals surface area contributed by atoms with Crippen molar-refractivity contribution < 1.29 is 0 Å². The molecule has 1 atom stereocenters. The van der Waals surface area contributed by atoms with Crippen molar-refractivity contribution in [3.05, 3.63) is 30.0 Å². The van der Waals surface area contributed by atoms with Gasteiger partial charge in [0.25, 0.3) is 0 Å². The SMILES string of the molecule is CCNC(C)CCc1nn(CC)c2ccccc12.